The first kappa shape index (κ1) is 11.9. The Bertz CT molecular complexity index is 753. The Balaban J connectivity index is 1.87. The predicted molar refractivity (Wildman–Crippen MR) is 75.1 cm³/mol. The van der Waals surface area contributed by atoms with Gasteiger partial charge in [0.25, 0.3) is 5.91 Å². The Morgan fingerprint density at radius 1 is 1.26 bits per heavy atom. The SMILES string of the molecule is O=C(Nc1cccc(Br)c1)c1ccc2nncn2c1. The molecule has 3 aromatic rings. The summed E-state index contributed by atoms with van der Waals surface area (Å²) in [5.74, 6) is -0.172. The summed E-state index contributed by atoms with van der Waals surface area (Å²) in [7, 11) is 0. The van der Waals surface area contributed by atoms with E-state index in [9.17, 15) is 4.79 Å². The number of benzene rings is 1. The van der Waals surface area contributed by atoms with Crippen molar-refractivity contribution in [1.29, 1.82) is 0 Å². The third-order valence-corrected chi connectivity index (χ3v) is 3.13. The summed E-state index contributed by atoms with van der Waals surface area (Å²) in [5, 5.41) is 10.5. The van der Waals surface area contributed by atoms with Crippen LogP contribution in [0.25, 0.3) is 5.65 Å². The quantitative estimate of drug-likeness (QED) is 0.790. The highest BCUT2D eigenvalue weighted by Gasteiger charge is 2.07. The van der Waals surface area contributed by atoms with Gasteiger partial charge in [-0.05, 0) is 30.3 Å². The first-order valence-corrected chi connectivity index (χ1v) is 6.38. The van der Waals surface area contributed by atoms with Gasteiger partial charge < -0.3 is 5.32 Å². The fourth-order valence-electron chi connectivity index (χ4n) is 1.73. The molecule has 0 saturated heterocycles. The van der Waals surface area contributed by atoms with Crippen molar-refractivity contribution in [1.82, 2.24) is 14.6 Å². The highest BCUT2D eigenvalue weighted by Crippen LogP contribution is 2.16. The van der Waals surface area contributed by atoms with Gasteiger partial charge >= 0.3 is 0 Å². The molecule has 0 radical (unpaired) electrons. The lowest BCUT2D eigenvalue weighted by Crippen LogP contribution is -2.12. The zero-order chi connectivity index (χ0) is 13.2. The highest BCUT2D eigenvalue weighted by molar-refractivity contribution is 9.10. The molecule has 0 saturated carbocycles. The number of carbonyl (C=O) groups excluding carboxylic acids is 1. The number of amides is 1. The first-order valence-electron chi connectivity index (χ1n) is 5.59. The van der Waals surface area contributed by atoms with E-state index >= 15 is 0 Å². The Labute approximate surface area is 117 Å². The smallest absolute Gasteiger partial charge is 0.257 e. The van der Waals surface area contributed by atoms with Crippen LogP contribution in [0.5, 0.6) is 0 Å². The predicted octanol–water partition coefficient (Wildman–Crippen LogP) is 2.74. The molecule has 0 bridgehead atoms. The molecule has 5 nitrogen and oxygen atoms in total. The third-order valence-electron chi connectivity index (χ3n) is 2.64. The lowest BCUT2D eigenvalue weighted by atomic mass is 10.2. The van der Waals surface area contributed by atoms with Gasteiger partial charge in [0, 0.05) is 16.4 Å². The molecule has 3 rings (SSSR count). The number of hydrogen-bond acceptors (Lipinski definition) is 3. The fraction of sp³-hybridized carbons (Fsp3) is 0. The van der Waals surface area contributed by atoms with Crippen molar-refractivity contribution < 1.29 is 4.79 Å². The maximum atomic E-state index is 12.1. The van der Waals surface area contributed by atoms with Crippen molar-refractivity contribution in [3.8, 4) is 0 Å². The van der Waals surface area contributed by atoms with Gasteiger partial charge in [-0.1, -0.05) is 22.0 Å². The Morgan fingerprint density at radius 3 is 3.00 bits per heavy atom. The molecule has 0 unspecified atom stereocenters. The summed E-state index contributed by atoms with van der Waals surface area (Å²) in [5.41, 5.74) is 1.99. The van der Waals surface area contributed by atoms with Crippen LogP contribution < -0.4 is 5.32 Å². The molecule has 0 spiro atoms. The largest absolute Gasteiger partial charge is 0.322 e. The molecule has 0 aliphatic carbocycles. The van der Waals surface area contributed by atoms with E-state index in [2.05, 4.69) is 31.4 Å². The molecule has 1 N–H and O–H groups in total. The minimum Gasteiger partial charge on any atom is -0.322 e. The van der Waals surface area contributed by atoms with Crippen molar-refractivity contribution in [2.24, 2.45) is 0 Å². The van der Waals surface area contributed by atoms with Gasteiger partial charge in [-0.15, -0.1) is 10.2 Å². The topological polar surface area (TPSA) is 59.3 Å². The summed E-state index contributed by atoms with van der Waals surface area (Å²) in [6.45, 7) is 0. The Kier molecular flexibility index (Phi) is 3.00. The number of aromatic nitrogens is 3. The molecule has 2 heterocycles. The van der Waals surface area contributed by atoms with Crippen LogP contribution in [0.15, 0.2) is 53.4 Å². The minimum absolute atomic E-state index is 0.172. The van der Waals surface area contributed by atoms with Crippen LogP contribution in [0, 0.1) is 0 Å². The molecular weight excluding hydrogens is 308 g/mol. The number of hydrogen-bond donors (Lipinski definition) is 1. The standard InChI is InChI=1S/C13H9BrN4O/c14-10-2-1-3-11(6-10)16-13(19)9-4-5-12-17-15-8-18(12)7-9/h1-8H,(H,16,19). The number of fused-ring (bicyclic) bond motifs is 1. The summed E-state index contributed by atoms with van der Waals surface area (Å²) in [4.78, 5) is 12.1. The average Bonchev–Trinajstić information content (AvgIpc) is 2.85. The van der Waals surface area contributed by atoms with Crippen molar-refractivity contribution in [3.05, 3.63) is 59.0 Å². The average molecular weight is 317 g/mol. The molecule has 0 fully saturated rings. The van der Waals surface area contributed by atoms with Crippen LogP contribution in [0.1, 0.15) is 10.4 Å². The number of pyridine rings is 1. The molecule has 1 amide bonds. The van der Waals surface area contributed by atoms with Crippen molar-refractivity contribution in [3.63, 3.8) is 0 Å². The molecule has 19 heavy (non-hydrogen) atoms. The zero-order valence-electron chi connectivity index (χ0n) is 9.75. The van der Waals surface area contributed by atoms with Gasteiger partial charge in [0.1, 0.15) is 6.33 Å². The van der Waals surface area contributed by atoms with Crippen LogP contribution in [0.4, 0.5) is 5.69 Å². The maximum absolute atomic E-state index is 12.1. The molecule has 94 valence electrons. The van der Waals surface area contributed by atoms with Gasteiger partial charge in [-0.25, -0.2) is 0 Å². The van der Waals surface area contributed by atoms with E-state index in [0.29, 0.717) is 11.2 Å². The van der Waals surface area contributed by atoms with Crippen molar-refractivity contribution >= 4 is 33.2 Å². The van der Waals surface area contributed by atoms with E-state index in [1.807, 2.05) is 24.3 Å². The molecular formula is C13H9BrN4O. The van der Waals surface area contributed by atoms with Crippen LogP contribution in [0.2, 0.25) is 0 Å². The van der Waals surface area contributed by atoms with Crippen LogP contribution in [-0.4, -0.2) is 20.5 Å². The van der Waals surface area contributed by atoms with Crippen molar-refractivity contribution in [2.45, 2.75) is 0 Å². The second kappa shape index (κ2) is 4.81. The Morgan fingerprint density at radius 2 is 2.16 bits per heavy atom. The van der Waals surface area contributed by atoms with E-state index in [1.54, 1.807) is 29.1 Å². The minimum atomic E-state index is -0.172. The van der Waals surface area contributed by atoms with Crippen molar-refractivity contribution in [2.75, 3.05) is 5.32 Å². The number of rotatable bonds is 2. The molecule has 1 aromatic carbocycles. The van der Waals surface area contributed by atoms with E-state index in [0.717, 1.165) is 10.2 Å². The summed E-state index contributed by atoms with van der Waals surface area (Å²) in [6.07, 6.45) is 3.26. The van der Waals surface area contributed by atoms with E-state index in [4.69, 9.17) is 0 Å². The normalized spacial score (nSPS) is 10.6. The molecule has 0 aliphatic rings. The van der Waals surface area contributed by atoms with E-state index < -0.39 is 0 Å². The second-order valence-electron chi connectivity index (χ2n) is 3.98. The zero-order valence-corrected chi connectivity index (χ0v) is 11.3. The summed E-state index contributed by atoms with van der Waals surface area (Å²) >= 11 is 3.36. The van der Waals surface area contributed by atoms with Gasteiger partial charge in [0.15, 0.2) is 5.65 Å². The lowest BCUT2D eigenvalue weighted by molar-refractivity contribution is 0.102. The molecule has 6 heteroatoms. The van der Waals surface area contributed by atoms with Gasteiger partial charge in [0.2, 0.25) is 0 Å². The van der Waals surface area contributed by atoms with Crippen LogP contribution >= 0.6 is 15.9 Å². The number of nitrogens with zero attached hydrogens (tertiary/aromatic N) is 3. The van der Waals surface area contributed by atoms with E-state index in [1.165, 1.54) is 0 Å². The highest BCUT2D eigenvalue weighted by atomic mass is 79.9. The molecule has 0 atom stereocenters. The number of halogens is 1. The number of anilines is 1. The second-order valence-corrected chi connectivity index (χ2v) is 4.89. The number of nitrogens with one attached hydrogen (secondary N) is 1. The summed E-state index contributed by atoms with van der Waals surface area (Å²) in [6, 6.07) is 10.9. The fourth-order valence-corrected chi connectivity index (χ4v) is 2.13. The maximum Gasteiger partial charge on any atom is 0.257 e. The summed E-state index contributed by atoms with van der Waals surface area (Å²) < 4.78 is 2.62. The monoisotopic (exact) mass is 316 g/mol. The lowest BCUT2D eigenvalue weighted by Gasteiger charge is -2.05. The van der Waals surface area contributed by atoms with Gasteiger partial charge in [-0.2, -0.15) is 0 Å². The first-order chi connectivity index (χ1) is 9.22. The number of carbonyl (C=O) groups is 1. The molecule has 0 aliphatic heterocycles. The van der Waals surface area contributed by atoms with Crippen LogP contribution in [0.3, 0.4) is 0 Å². The van der Waals surface area contributed by atoms with Crippen LogP contribution in [-0.2, 0) is 0 Å². The third kappa shape index (κ3) is 2.48. The molecule has 2 aromatic heterocycles. The van der Waals surface area contributed by atoms with E-state index in [-0.39, 0.29) is 5.91 Å². The van der Waals surface area contributed by atoms with Gasteiger partial charge in [0.05, 0.1) is 5.56 Å². The van der Waals surface area contributed by atoms with Gasteiger partial charge in [-0.3, -0.25) is 9.20 Å². The Hall–Kier alpha value is -2.21.